The lowest BCUT2D eigenvalue weighted by Crippen LogP contribution is -2.66. The van der Waals surface area contributed by atoms with Gasteiger partial charge in [0.1, 0.15) is 5.75 Å². The van der Waals surface area contributed by atoms with Gasteiger partial charge in [-0.3, -0.25) is 14.6 Å². The van der Waals surface area contributed by atoms with Gasteiger partial charge in [-0.15, -0.1) is 0 Å². The van der Waals surface area contributed by atoms with Crippen LogP contribution in [0.2, 0.25) is 0 Å². The summed E-state index contributed by atoms with van der Waals surface area (Å²) in [6, 6.07) is 16.6. The van der Waals surface area contributed by atoms with E-state index in [2.05, 4.69) is 57.4 Å². The molecular formula is C36H43N5O2. The number of rotatable bonds is 7. The standard InChI is InChI=1S/C36H43N5O2/c1-23-13-32(43-2)30(29-9-11-38-33(23)29)20-40-12-10-35(14-24(15-35)19-37)18-31(40)25-3-5-26(6-4-25)34(42)39-27-16-36(17-27)21-41(22-36)28-7-8-28/h3-6,9,11,13,24,27-28,31,38H,7-8,10,12,14-18,20-22H2,1-2H3,(H,39,42)/t24?,31-,35?/m0/s1. The second-order valence-corrected chi connectivity index (χ2v) is 14.7. The average Bonchev–Trinajstić information content (AvgIpc) is 3.67. The normalized spacial score (nSPS) is 25.2. The van der Waals surface area contributed by atoms with E-state index in [-0.39, 0.29) is 23.3 Å². The van der Waals surface area contributed by atoms with Crippen LogP contribution in [0.3, 0.4) is 0 Å². The van der Waals surface area contributed by atoms with Gasteiger partial charge in [0.2, 0.25) is 0 Å². The van der Waals surface area contributed by atoms with E-state index in [0.29, 0.717) is 11.5 Å². The van der Waals surface area contributed by atoms with Crippen LogP contribution in [0.1, 0.15) is 84.5 Å². The Labute approximate surface area is 254 Å². The van der Waals surface area contributed by atoms with Crippen molar-refractivity contribution in [2.45, 2.75) is 83.0 Å². The van der Waals surface area contributed by atoms with Crippen LogP contribution in [-0.2, 0) is 6.54 Å². The second-order valence-electron chi connectivity index (χ2n) is 14.7. The number of nitrogens with one attached hydrogen (secondary N) is 2. The van der Waals surface area contributed by atoms with E-state index in [1.54, 1.807) is 7.11 Å². The van der Waals surface area contributed by atoms with E-state index in [0.717, 1.165) is 69.0 Å². The minimum atomic E-state index is 0.0526. The van der Waals surface area contributed by atoms with Crippen LogP contribution in [-0.4, -0.2) is 59.5 Å². The summed E-state index contributed by atoms with van der Waals surface area (Å²) in [7, 11) is 1.76. The predicted molar refractivity (Wildman–Crippen MR) is 167 cm³/mol. The lowest BCUT2D eigenvalue weighted by molar-refractivity contribution is -0.0809. The first-order chi connectivity index (χ1) is 20.9. The van der Waals surface area contributed by atoms with Crippen molar-refractivity contribution < 1.29 is 9.53 Å². The van der Waals surface area contributed by atoms with Gasteiger partial charge in [-0.2, -0.15) is 5.26 Å². The fourth-order valence-electron chi connectivity index (χ4n) is 9.11. The molecule has 0 unspecified atom stereocenters. The lowest BCUT2D eigenvalue weighted by atomic mass is 9.56. The van der Waals surface area contributed by atoms with Gasteiger partial charge in [-0.05, 0) is 111 Å². The number of carbonyl (C=O) groups is 1. The Bertz CT molecular complexity index is 1580. The lowest BCUT2D eigenvalue weighted by Gasteiger charge is -2.59. The summed E-state index contributed by atoms with van der Waals surface area (Å²) in [6.07, 6.45) is 11.2. The van der Waals surface area contributed by atoms with Crippen LogP contribution < -0.4 is 10.1 Å². The minimum absolute atomic E-state index is 0.0526. The van der Waals surface area contributed by atoms with E-state index in [1.165, 1.54) is 53.5 Å². The number of hydrogen-bond donors (Lipinski definition) is 2. The molecule has 5 fully saturated rings. The van der Waals surface area contributed by atoms with Gasteiger partial charge in [0, 0.05) is 71.9 Å². The van der Waals surface area contributed by atoms with Gasteiger partial charge in [-0.1, -0.05) is 12.1 Å². The number of amides is 1. The van der Waals surface area contributed by atoms with E-state index in [9.17, 15) is 10.1 Å². The highest BCUT2D eigenvalue weighted by atomic mass is 16.5. The first kappa shape index (κ1) is 27.2. The van der Waals surface area contributed by atoms with Gasteiger partial charge < -0.3 is 15.0 Å². The summed E-state index contributed by atoms with van der Waals surface area (Å²) < 4.78 is 5.89. The molecule has 43 heavy (non-hydrogen) atoms. The maximum atomic E-state index is 13.2. The molecule has 224 valence electrons. The van der Waals surface area contributed by atoms with Crippen LogP contribution in [0.25, 0.3) is 10.9 Å². The second kappa shape index (κ2) is 10.1. The van der Waals surface area contributed by atoms with Crippen LogP contribution in [0, 0.1) is 35.0 Å². The van der Waals surface area contributed by atoms with Crippen LogP contribution in [0.15, 0.2) is 42.6 Å². The number of H-pyrrole nitrogens is 1. The van der Waals surface area contributed by atoms with Gasteiger partial charge in [0.15, 0.2) is 0 Å². The largest absolute Gasteiger partial charge is 0.496 e. The number of aryl methyl sites for hydroxylation is 1. The zero-order chi connectivity index (χ0) is 29.3. The molecule has 3 saturated carbocycles. The molecule has 7 nitrogen and oxygen atoms in total. The molecule has 2 aromatic carbocycles. The minimum Gasteiger partial charge on any atom is -0.496 e. The average molecular weight is 578 g/mol. The third-order valence-corrected chi connectivity index (χ3v) is 11.6. The number of nitrogens with zero attached hydrogens (tertiary/aromatic N) is 3. The number of benzene rings is 2. The van der Waals surface area contributed by atoms with Crippen molar-refractivity contribution in [2.75, 3.05) is 26.7 Å². The molecule has 5 aliphatic rings. The Kier molecular flexibility index (Phi) is 6.40. The Morgan fingerprint density at radius 1 is 1.09 bits per heavy atom. The zero-order valence-electron chi connectivity index (χ0n) is 25.5. The summed E-state index contributed by atoms with van der Waals surface area (Å²) in [6.45, 7) is 6.37. The molecule has 2 N–H and O–H groups in total. The number of likely N-dealkylation sites (tertiary alicyclic amines) is 2. The molecule has 3 aromatic rings. The highest BCUT2D eigenvalue weighted by Crippen LogP contribution is 2.57. The van der Waals surface area contributed by atoms with Crippen LogP contribution in [0.5, 0.6) is 5.75 Å². The fraction of sp³-hybridized carbons (Fsp3) is 0.556. The topological polar surface area (TPSA) is 84.4 Å². The van der Waals surface area contributed by atoms with Crippen LogP contribution >= 0.6 is 0 Å². The smallest absolute Gasteiger partial charge is 0.251 e. The van der Waals surface area contributed by atoms with Crippen molar-refractivity contribution in [3.8, 4) is 11.8 Å². The Balaban J connectivity index is 0.989. The molecule has 3 heterocycles. The van der Waals surface area contributed by atoms with Gasteiger partial charge in [-0.25, -0.2) is 0 Å². The number of hydrogen-bond acceptors (Lipinski definition) is 5. The maximum Gasteiger partial charge on any atom is 0.251 e. The first-order valence-electron chi connectivity index (χ1n) is 16.3. The number of carbonyl (C=O) groups excluding carboxylic acids is 1. The van der Waals surface area contributed by atoms with Crippen LogP contribution in [0.4, 0.5) is 0 Å². The number of ether oxygens (including phenoxy) is 1. The van der Waals surface area contributed by atoms with Crippen molar-refractivity contribution in [1.82, 2.24) is 20.1 Å². The summed E-state index contributed by atoms with van der Waals surface area (Å²) in [4.78, 5) is 21.8. The number of fused-ring (bicyclic) bond motifs is 1. The summed E-state index contributed by atoms with van der Waals surface area (Å²) in [5.74, 6) is 1.18. The molecule has 1 amide bonds. The van der Waals surface area contributed by atoms with Gasteiger partial charge >= 0.3 is 0 Å². The highest BCUT2D eigenvalue weighted by Gasteiger charge is 2.55. The van der Waals surface area contributed by atoms with Gasteiger partial charge in [0.25, 0.3) is 5.91 Å². The van der Waals surface area contributed by atoms with Gasteiger partial charge in [0.05, 0.1) is 13.2 Å². The molecule has 0 radical (unpaired) electrons. The van der Waals surface area contributed by atoms with E-state index in [1.807, 2.05) is 18.3 Å². The van der Waals surface area contributed by atoms with Crippen molar-refractivity contribution in [3.63, 3.8) is 0 Å². The third-order valence-electron chi connectivity index (χ3n) is 11.6. The predicted octanol–water partition coefficient (Wildman–Crippen LogP) is 6.10. The Hall–Kier alpha value is -3.34. The Morgan fingerprint density at radius 3 is 2.56 bits per heavy atom. The number of methoxy groups -OCH3 is 1. The SMILES string of the molecule is COc1cc(C)c2[nH]ccc2c1CN1CCC2(CC(C#N)C2)C[C@H]1c1ccc(C(=O)NC2CC3(C2)CN(C2CC2)C3)cc1. The van der Waals surface area contributed by atoms with E-state index in [4.69, 9.17) is 4.74 Å². The van der Waals surface area contributed by atoms with Crippen molar-refractivity contribution in [1.29, 1.82) is 5.26 Å². The number of piperidine rings is 1. The first-order valence-corrected chi connectivity index (χ1v) is 16.3. The van der Waals surface area contributed by atoms with E-state index < -0.39 is 0 Å². The summed E-state index contributed by atoms with van der Waals surface area (Å²) >= 11 is 0. The molecule has 2 saturated heterocycles. The molecular weight excluding hydrogens is 534 g/mol. The highest BCUT2D eigenvalue weighted by molar-refractivity contribution is 5.94. The van der Waals surface area contributed by atoms with Crippen molar-refractivity contribution >= 4 is 16.8 Å². The summed E-state index contributed by atoms with van der Waals surface area (Å²) in [5, 5.41) is 14.1. The number of aromatic amines is 1. The molecule has 2 aliphatic heterocycles. The molecule has 1 atom stereocenters. The molecule has 0 bridgehead atoms. The maximum absolute atomic E-state index is 13.2. The molecule has 3 aliphatic carbocycles. The number of nitriles is 1. The molecule has 2 spiro atoms. The Morgan fingerprint density at radius 2 is 1.86 bits per heavy atom. The van der Waals surface area contributed by atoms with E-state index >= 15 is 0 Å². The summed E-state index contributed by atoms with van der Waals surface area (Å²) in [5.41, 5.74) is 6.29. The monoisotopic (exact) mass is 577 g/mol. The van der Waals surface area contributed by atoms with Crippen molar-refractivity contribution in [3.05, 3.63) is 64.8 Å². The third kappa shape index (κ3) is 4.74. The fourth-order valence-corrected chi connectivity index (χ4v) is 9.11. The zero-order valence-corrected chi connectivity index (χ0v) is 25.5. The van der Waals surface area contributed by atoms with Crippen molar-refractivity contribution in [2.24, 2.45) is 16.7 Å². The quantitative estimate of drug-likeness (QED) is 0.355. The molecule has 7 heteroatoms. The molecule has 1 aromatic heterocycles. The molecule has 8 rings (SSSR count). The number of aromatic nitrogens is 1.